The Kier molecular flexibility index (Phi) is 8.83. The maximum Gasteiger partial charge on any atom is 0.125 e. The van der Waals surface area contributed by atoms with Gasteiger partial charge in [-0.25, -0.2) is 0 Å². The molecule has 2 heteroatoms. The highest BCUT2D eigenvalue weighted by Crippen LogP contribution is 2.15. The van der Waals surface area contributed by atoms with Gasteiger partial charge in [0.25, 0.3) is 0 Å². The molecule has 96 valence electrons. The minimum atomic E-state index is 0.904. The molecule has 0 atom stereocenters. The Bertz CT molecular complexity index is 136. The Morgan fingerprint density at radius 3 is 1.62 bits per heavy atom. The van der Waals surface area contributed by atoms with Crippen molar-refractivity contribution in [2.45, 2.75) is 76.7 Å². The van der Waals surface area contributed by atoms with Crippen molar-refractivity contribution in [2.75, 3.05) is 13.1 Å². The number of hydrogen-bond acceptors (Lipinski definition) is 0. The molecular formula is C14H32N2+2. The van der Waals surface area contributed by atoms with Crippen LogP contribution in [0.5, 0.6) is 0 Å². The molecule has 0 aromatic rings. The average Bonchev–Trinajstić information content (AvgIpc) is 2.28. The summed E-state index contributed by atoms with van der Waals surface area (Å²) in [6.45, 7) is 2.31. The molecule has 5 N–H and O–H groups in total. The van der Waals surface area contributed by atoms with Gasteiger partial charge in [0.15, 0.2) is 0 Å². The van der Waals surface area contributed by atoms with Crippen molar-refractivity contribution in [3.05, 3.63) is 0 Å². The van der Waals surface area contributed by atoms with Crippen LogP contribution >= 0.6 is 0 Å². The molecule has 0 radical (unpaired) electrons. The highest BCUT2D eigenvalue weighted by atomic mass is 14.9. The molecule has 0 aromatic heterocycles. The molecule has 1 saturated carbocycles. The number of nitrogens with two attached hydrogens (primary N) is 1. The van der Waals surface area contributed by atoms with Crippen molar-refractivity contribution in [3.8, 4) is 0 Å². The molecule has 1 aliphatic carbocycles. The van der Waals surface area contributed by atoms with E-state index < -0.39 is 0 Å². The summed E-state index contributed by atoms with van der Waals surface area (Å²) in [6, 6.07) is 0.904. The van der Waals surface area contributed by atoms with Crippen molar-refractivity contribution >= 4 is 0 Å². The summed E-state index contributed by atoms with van der Waals surface area (Å²) in [5, 5.41) is 2.55. The third-order valence-electron chi connectivity index (χ3n) is 3.85. The van der Waals surface area contributed by atoms with Gasteiger partial charge < -0.3 is 11.1 Å². The van der Waals surface area contributed by atoms with E-state index in [-0.39, 0.29) is 0 Å². The zero-order chi connectivity index (χ0) is 11.5. The average molecular weight is 228 g/mol. The lowest BCUT2D eigenvalue weighted by Gasteiger charge is -2.15. The third-order valence-corrected chi connectivity index (χ3v) is 3.85. The van der Waals surface area contributed by atoms with E-state index in [1.165, 1.54) is 77.2 Å². The molecule has 16 heavy (non-hydrogen) atoms. The summed E-state index contributed by atoms with van der Waals surface area (Å²) >= 11 is 0. The van der Waals surface area contributed by atoms with Crippen molar-refractivity contribution in [1.82, 2.24) is 0 Å². The molecule has 1 rings (SSSR count). The Balaban J connectivity index is 2.19. The molecule has 0 unspecified atom stereocenters. The number of rotatable bonds is 3. The maximum atomic E-state index is 3.94. The van der Waals surface area contributed by atoms with E-state index in [1.54, 1.807) is 0 Å². The molecule has 0 aromatic carbocycles. The van der Waals surface area contributed by atoms with Crippen LogP contribution in [0.3, 0.4) is 0 Å². The Morgan fingerprint density at radius 1 is 0.750 bits per heavy atom. The normalized spacial score (nSPS) is 22.3. The molecule has 0 spiro atoms. The van der Waals surface area contributed by atoms with Crippen LogP contribution in [0.4, 0.5) is 0 Å². The second-order valence-electron chi connectivity index (χ2n) is 5.40. The monoisotopic (exact) mass is 228 g/mol. The van der Waals surface area contributed by atoms with E-state index in [0.717, 1.165) is 12.6 Å². The molecular weight excluding hydrogens is 196 g/mol. The summed E-state index contributed by atoms with van der Waals surface area (Å²) in [5.74, 6) is 0. The minimum absolute atomic E-state index is 0.904. The van der Waals surface area contributed by atoms with Gasteiger partial charge in [-0.3, -0.25) is 0 Å². The Morgan fingerprint density at radius 2 is 1.19 bits per heavy atom. The summed E-state index contributed by atoms with van der Waals surface area (Å²) in [5.41, 5.74) is 3.94. The van der Waals surface area contributed by atoms with E-state index in [9.17, 15) is 0 Å². The molecule has 0 heterocycles. The van der Waals surface area contributed by atoms with E-state index in [0.29, 0.717) is 0 Å². The van der Waals surface area contributed by atoms with Crippen LogP contribution in [-0.4, -0.2) is 19.1 Å². The van der Waals surface area contributed by atoms with Gasteiger partial charge in [-0.05, 0) is 25.7 Å². The zero-order valence-corrected chi connectivity index (χ0v) is 11.1. The standard InChI is InChI=1S/C14H30N2/c15-12-13-16-14-10-8-6-4-2-1-3-5-7-9-11-14/h14,16H,1-13,15H2/p+2. The van der Waals surface area contributed by atoms with Crippen molar-refractivity contribution < 1.29 is 11.1 Å². The molecule has 0 aliphatic heterocycles. The van der Waals surface area contributed by atoms with Gasteiger partial charge in [0, 0.05) is 0 Å². The van der Waals surface area contributed by atoms with Crippen molar-refractivity contribution in [1.29, 1.82) is 0 Å². The predicted octanol–water partition coefficient (Wildman–Crippen LogP) is 1.46. The van der Waals surface area contributed by atoms with Gasteiger partial charge in [0.05, 0.1) is 6.04 Å². The zero-order valence-electron chi connectivity index (χ0n) is 11.1. The van der Waals surface area contributed by atoms with Crippen molar-refractivity contribution in [2.24, 2.45) is 0 Å². The maximum absolute atomic E-state index is 3.94. The van der Waals surface area contributed by atoms with E-state index in [2.05, 4.69) is 11.1 Å². The molecule has 2 nitrogen and oxygen atoms in total. The van der Waals surface area contributed by atoms with Crippen molar-refractivity contribution in [3.63, 3.8) is 0 Å². The first-order valence-corrected chi connectivity index (χ1v) is 7.56. The van der Waals surface area contributed by atoms with Crippen LogP contribution in [0.2, 0.25) is 0 Å². The van der Waals surface area contributed by atoms with Crippen LogP contribution in [0.25, 0.3) is 0 Å². The first-order valence-electron chi connectivity index (χ1n) is 7.56. The lowest BCUT2D eigenvalue weighted by Crippen LogP contribution is -2.92. The van der Waals surface area contributed by atoms with Gasteiger partial charge in [0.1, 0.15) is 13.1 Å². The minimum Gasteiger partial charge on any atom is -0.353 e. The first-order chi connectivity index (χ1) is 7.93. The summed E-state index contributed by atoms with van der Waals surface area (Å²) < 4.78 is 0. The molecule has 1 aliphatic rings. The van der Waals surface area contributed by atoms with Crippen LogP contribution in [0.15, 0.2) is 0 Å². The Hall–Kier alpha value is -0.0800. The molecule has 0 saturated heterocycles. The lowest BCUT2D eigenvalue weighted by molar-refractivity contribution is -0.703. The third kappa shape index (κ3) is 7.24. The van der Waals surface area contributed by atoms with E-state index in [4.69, 9.17) is 0 Å². The van der Waals surface area contributed by atoms with Gasteiger partial charge in [-0.15, -0.1) is 0 Å². The van der Waals surface area contributed by atoms with Crippen LogP contribution in [-0.2, 0) is 0 Å². The highest BCUT2D eigenvalue weighted by molar-refractivity contribution is 4.58. The summed E-state index contributed by atoms with van der Waals surface area (Å²) in [7, 11) is 0. The summed E-state index contributed by atoms with van der Waals surface area (Å²) in [4.78, 5) is 0. The first kappa shape index (κ1) is 14.0. The fourth-order valence-corrected chi connectivity index (χ4v) is 2.78. The molecule has 1 fully saturated rings. The lowest BCUT2D eigenvalue weighted by atomic mass is 9.98. The largest absolute Gasteiger partial charge is 0.353 e. The van der Waals surface area contributed by atoms with Gasteiger partial charge in [-0.2, -0.15) is 0 Å². The van der Waals surface area contributed by atoms with Gasteiger partial charge >= 0.3 is 0 Å². The SMILES string of the molecule is [NH3+]CC[NH2+]C1CCCCCCCCCCC1. The van der Waals surface area contributed by atoms with E-state index >= 15 is 0 Å². The van der Waals surface area contributed by atoms with Crippen LogP contribution in [0, 0.1) is 0 Å². The van der Waals surface area contributed by atoms with Crippen LogP contribution < -0.4 is 11.1 Å². The Labute approximate surface area is 101 Å². The van der Waals surface area contributed by atoms with Gasteiger partial charge in [-0.1, -0.05) is 44.9 Å². The van der Waals surface area contributed by atoms with Crippen LogP contribution in [0.1, 0.15) is 70.6 Å². The fourth-order valence-electron chi connectivity index (χ4n) is 2.78. The fraction of sp³-hybridized carbons (Fsp3) is 1.00. The quantitative estimate of drug-likeness (QED) is 0.735. The second kappa shape index (κ2) is 10.1. The molecule has 0 amide bonds. The molecule has 0 bridgehead atoms. The number of quaternary nitrogens is 2. The van der Waals surface area contributed by atoms with Gasteiger partial charge in [0.2, 0.25) is 0 Å². The predicted molar refractivity (Wildman–Crippen MR) is 69.1 cm³/mol. The highest BCUT2D eigenvalue weighted by Gasteiger charge is 2.11. The second-order valence-corrected chi connectivity index (χ2v) is 5.40. The number of hydrogen-bond donors (Lipinski definition) is 2. The van der Waals surface area contributed by atoms with E-state index in [1.807, 2.05) is 0 Å². The smallest absolute Gasteiger partial charge is 0.125 e. The topological polar surface area (TPSA) is 44.2 Å². The summed E-state index contributed by atoms with van der Waals surface area (Å²) in [6.07, 6.45) is 16.1.